The Morgan fingerprint density at radius 1 is 1.46 bits per heavy atom. The van der Waals surface area contributed by atoms with Gasteiger partial charge in [0.05, 0.1) is 0 Å². The molecular formula is C11H15FO. The second-order valence-corrected chi connectivity index (χ2v) is 3.24. The van der Waals surface area contributed by atoms with E-state index in [1.807, 2.05) is 6.07 Å². The van der Waals surface area contributed by atoms with Crippen LogP contribution in [0.2, 0.25) is 0 Å². The van der Waals surface area contributed by atoms with E-state index in [4.69, 9.17) is 4.74 Å². The number of ether oxygens (including phenoxy) is 1. The van der Waals surface area contributed by atoms with E-state index < -0.39 is 0 Å². The zero-order valence-electron chi connectivity index (χ0n) is 8.09. The SMILES string of the molecule is COCCC(C)c1cccc(F)c1. The second-order valence-electron chi connectivity index (χ2n) is 3.24. The van der Waals surface area contributed by atoms with Crippen molar-refractivity contribution >= 4 is 0 Å². The van der Waals surface area contributed by atoms with Crippen molar-refractivity contribution in [3.05, 3.63) is 35.6 Å². The maximum Gasteiger partial charge on any atom is 0.123 e. The Balaban J connectivity index is 2.60. The average molecular weight is 182 g/mol. The van der Waals surface area contributed by atoms with Gasteiger partial charge < -0.3 is 4.74 Å². The fourth-order valence-electron chi connectivity index (χ4n) is 1.27. The molecule has 0 bridgehead atoms. The molecule has 0 amide bonds. The molecule has 1 aromatic carbocycles. The number of methoxy groups -OCH3 is 1. The number of rotatable bonds is 4. The van der Waals surface area contributed by atoms with E-state index >= 15 is 0 Å². The molecule has 1 nitrogen and oxygen atoms in total. The highest BCUT2D eigenvalue weighted by atomic mass is 19.1. The molecule has 0 aromatic heterocycles. The van der Waals surface area contributed by atoms with Crippen molar-refractivity contribution < 1.29 is 9.13 Å². The lowest BCUT2D eigenvalue weighted by Crippen LogP contribution is -1.98. The van der Waals surface area contributed by atoms with E-state index in [2.05, 4.69) is 6.92 Å². The van der Waals surface area contributed by atoms with Crippen LogP contribution in [-0.4, -0.2) is 13.7 Å². The highest BCUT2D eigenvalue weighted by Gasteiger charge is 2.05. The largest absolute Gasteiger partial charge is 0.385 e. The monoisotopic (exact) mass is 182 g/mol. The molecule has 72 valence electrons. The molecule has 1 unspecified atom stereocenters. The molecule has 0 radical (unpaired) electrons. The molecule has 0 aliphatic heterocycles. The minimum atomic E-state index is -0.165. The van der Waals surface area contributed by atoms with Crippen molar-refractivity contribution in [1.82, 2.24) is 0 Å². The van der Waals surface area contributed by atoms with Gasteiger partial charge >= 0.3 is 0 Å². The molecule has 13 heavy (non-hydrogen) atoms. The molecular weight excluding hydrogens is 167 g/mol. The van der Waals surface area contributed by atoms with Gasteiger partial charge in [-0.3, -0.25) is 0 Å². The molecule has 1 rings (SSSR count). The Morgan fingerprint density at radius 3 is 2.85 bits per heavy atom. The summed E-state index contributed by atoms with van der Waals surface area (Å²) in [7, 11) is 1.68. The van der Waals surface area contributed by atoms with E-state index in [1.54, 1.807) is 19.2 Å². The van der Waals surface area contributed by atoms with Gasteiger partial charge in [-0.2, -0.15) is 0 Å². The van der Waals surface area contributed by atoms with Gasteiger partial charge in [-0.15, -0.1) is 0 Å². The van der Waals surface area contributed by atoms with Crippen LogP contribution in [0, 0.1) is 5.82 Å². The lowest BCUT2D eigenvalue weighted by atomic mass is 9.98. The summed E-state index contributed by atoms with van der Waals surface area (Å²) in [5, 5.41) is 0. The highest BCUT2D eigenvalue weighted by molar-refractivity contribution is 5.19. The summed E-state index contributed by atoms with van der Waals surface area (Å²) in [6.45, 7) is 2.80. The van der Waals surface area contributed by atoms with Crippen LogP contribution in [0.3, 0.4) is 0 Å². The molecule has 0 spiro atoms. The molecule has 0 heterocycles. The predicted octanol–water partition coefficient (Wildman–Crippen LogP) is 2.97. The zero-order valence-corrected chi connectivity index (χ0v) is 8.09. The van der Waals surface area contributed by atoms with Crippen LogP contribution in [0.4, 0.5) is 4.39 Å². The number of hydrogen-bond donors (Lipinski definition) is 0. The Morgan fingerprint density at radius 2 is 2.23 bits per heavy atom. The smallest absolute Gasteiger partial charge is 0.123 e. The first-order valence-electron chi connectivity index (χ1n) is 4.48. The van der Waals surface area contributed by atoms with E-state index in [0.29, 0.717) is 5.92 Å². The zero-order chi connectivity index (χ0) is 9.68. The van der Waals surface area contributed by atoms with Gasteiger partial charge in [0.25, 0.3) is 0 Å². The molecule has 2 heteroatoms. The molecule has 0 fully saturated rings. The molecule has 0 saturated carbocycles. The summed E-state index contributed by atoms with van der Waals surface area (Å²) in [6, 6.07) is 6.74. The van der Waals surface area contributed by atoms with Gasteiger partial charge in [-0.05, 0) is 30.0 Å². The van der Waals surface area contributed by atoms with Gasteiger partial charge in [0, 0.05) is 13.7 Å². The Kier molecular flexibility index (Phi) is 3.90. The maximum absolute atomic E-state index is 12.8. The van der Waals surface area contributed by atoms with Gasteiger partial charge in [-0.25, -0.2) is 4.39 Å². The summed E-state index contributed by atoms with van der Waals surface area (Å²) in [4.78, 5) is 0. The van der Waals surface area contributed by atoms with Gasteiger partial charge in [0.2, 0.25) is 0 Å². The van der Waals surface area contributed by atoms with E-state index in [1.165, 1.54) is 6.07 Å². The lowest BCUT2D eigenvalue weighted by Gasteiger charge is -2.10. The molecule has 1 aromatic rings. The van der Waals surface area contributed by atoms with Crippen LogP contribution in [-0.2, 0) is 4.74 Å². The first-order chi connectivity index (χ1) is 6.24. The van der Waals surface area contributed by atoms with Crippen LogP contribution in [0.5, 0.6) is 0 Å². The first-order valence-corrected chi connectivity index (χ1v) is 4.48. The van der Waals surface area contributed by atoms with Gasteiger partial charge in [0.1, 0.15) is 5.82 Å². The number of halogens is 1. The third-order valence-corrected chi connectivity index (χ3v) is 2.17. The normalized spacial score (nSPS) is 12.8. The van der Waals surface area contributed by atoms with Crippen LogP contribution in [0.25, 0.3) is 0 Å². The van der Waals surface area contributed by atoms with Crippen molar-refractivity contribution in [2.75, 3.05) is 13.7 Å². The minimum Gasteiger partial charge on any atom is -0.385 e. The Labute approximate surface area is 78.5 Å². The van der Waals surface area contributed by atoms with E-state index in [9.17, 15) is 4.39 Å². The minimum absolute atomic E-state index is 0.165. The highest BCUT2D eigenvalue weighted by Crippen LogP contribution is 2.19. The fourth-order valence-corrected chi connectivity index (χ4v) is 1.27. The molecule has 0 aliphatic carbocycles. The maximum atomic E-state index is 12.8. The van der Waals surface area contributed by atoms with Crippen LogP contribution in [0.1, 0.15) is 24.8 Å². The summed E-state index contributed by atoms with van der Waals surface area (Å²) in [5.74, 6) is 0.192. The molecule has 1 atom stereocenters. The van der Waals surface area contributed by atoms with E-state index in [-0.39, 0.29) is 5.82 Å². The summed E-state index contributed by atoms with van der Waals surface area (Å²) in [5.41, 5.74) is 1.04. The average Bonchev–Trinajstić information content (AvgIpc) is 2.14. The fraction of sp³-hybridized carbons (Fsp3) is 0.455. The molecule has 0 N–H and O–H groups in total. The van der Waals surface area contributed by atoms with Crippen LogP contribution >= 0.6 is 0 Å². The number of hydrogen-bond acceptors (Lipinski definition) is 1. The van der Waals surface area contributed by atoms with Crippen LogP contribution < -0.4 is 0 Å². The lowest BCUT2D eigenvalue weighted by molar-refractivity contribution is 0.189. The molecule has 0 aliphatic rings. The second kappa shape index (κ2) is 4.97. The Bertz CT molecular complexity index is 260. The van der Waals surface area contributed by atoms with Crippen molar-refractivity contribution in [2.45, 2.75) is 19.3 Å². The van der Waals surface area contributed by atoms with Gasteiger partial charge in [0.15, 0.2) is 0 Å². The summed E-state index contributed by atoms with van der Waals surface area (Å²) in [6.07, 6.45) is 0.931. The van der Waals surface area contributed by atoms with Gasteiger partial charge in [-0.1, -0.05) is 19.1 Å². The van der Waals surface area contributed by atoms with Crippen molar-refractivity contribution in [3.63, 3.8) is 0 Å². The number of benzene rings is 1. The van der Waals surface area contributed by atoms with Crippen molar-refractivity contribution in [3.8, 4) is 0 Å². The summed E-state index contributed by atoms with van der Waals surface area (Å²) >= 11 is 0. The third kappa shape index (κ3) is 3.15. The standard InChI is InChI=1S/C11H15FO/c1-9(6-7-13-2)10-4-3-5-11(12)8-10/h3-5,8-9H,6-7H2,1-2H3. The summed E-state index contributed by atoms with van der Waals surface area (Å²) < 4.78 is 17.8. The topological polar surface area (TPSA) is 9.23 Å². The van der Waals surface area contributed by atoms with Crippen LogP contribution in [0.15, 0.2) is 24.3 Å². The van der Waals surface area contributed by atoms with Crippen molar-refractivity contribution in [2.24, 2.45) is 0 Å². The third-order valence-electron chi connectivity index (χ3n) is 2.17. The molecule has 0 saturated heterocycles. The quantitative estimate of drug-likeness (QED) is 0.695. The van der Waals surface area contributed by atoms with E-state index in [0.717, 1.165) is 18.6 Å². The Hall–Kier alpha value is -0.890. The predicted molar refractivity (Wildman–Crippen MR) is 51.3 cm³/mol. The first kappa shape index (κ1) is 10.2. The van der Waals surface area contributed by atoms with Crippen molar-refractivity contribution in [1.29, 1.82) is 0 Å².